The van der Waals surface area contributed by atoms with Gasteiger partial charge in [-0.15, -0.1) is 21.8 Å². The van der Waals surface area contributed by atoms with Crippen LogP contribution in [0.1, 0.15) is 49.8 Å². The average Bonchev–Trinajstić information content (AvgIpc) is 2.76. The molecule has 92 valence electrons. The van der Waals surface area contributed by atoms with Crippen LogP contribution in [0.25, 0.3) is 0 Å². The van der Waals surface area contributed by atoms with Gasteiger partial charge in [0.2, 0.25) is 11.8 Å². The SMILES string of the molecule is ClCc1nnc(C2C3CC4CC(C3)CC2C4)o1. The van der Waals surface area contributed by atoms with E-state index in [2.05, 4.69) is 10.2 Å². The molecule has 3 nitrogen and oxygen atoms in total. The Bertz CT molecular complexity index is 403. The second-order valence-electron chi connectivity index (χ2n) is 6.12. The molecular formula is C13H17ClN2O. The van der Waals surface area contributed by atoms with Crippen molar-refractivity contribution >= 4 is 11.6 Å². The van der Waals surface area contributed by atoms with E-state index in [4.69, 9.17) is 16.0 Å². The molecule has 1 aromatic rings. The van der Waals surface area contributed by atoms with Crippen LogP contribution in [0.5, 0.6) is 0 Å². The Balaban J connectivity index is 1.65. The van der Waals surface area contributed by atoms with Crippen LogP contribution in [-0.4, -0.2) is 10.2 Å². The van der Waals surface area contributed by atoms with Crippen LogP contribution in [0.4, 0.5) is 0 Å². The first-order valence-corrected chi connectivity index (χ1v) is 7.25. The van der Waals surface area contributed by atoms with Crippen LogP contribution in [-0.2, 0) is 5.88 Å². The molecule has 0 spiro atoms. The molecule has 0 radical (unpaired) electrons. The van der Waals surface area contributed by atoms with Crippen molar-refractivity contribution in [2.75, 3.05) is 0 Å². The third kappa shape index (κ3) is 1.55. The molecule has 0 amide bonds. The fraction of sp³-hybridized carbons (Fsp3) is 0.846. The maximum atomic E-state index is 5.73. The van der Waals surface area contributed by atoms with Gasteiger partial charge in [-0.3, -0.25) is 0 Å². The average molecular weight is 253 g/mol. The summed E-state index contributed by atoms with van der Waals surface area (Å²) < 4.78 is 5.70. The molecule has 4 bridgehead atoms. The van der Waals surface area contributed by atoms with E-state index in [0.29, 0.717) is 17.7 Å². The molecule has 4 aliphatic carbocycles. The van der Waals surface area contributed by atoms with Gasteiger partial charge in [0.1, 0.15) is 5.88 Å². The van der Waals surface area contributed by atoms with Crippen LogP contribution in [0.3, 0.4) is 0 Å². The number of rotatable bonds is 2. The standard InChI is InChI=1S/C13H17ClN2O/c14-6-11-15-16-13(17-11)12-9-2-7-1-8(4-9)5-10(12)3-7/h7-10,12H,1-6H2. The number of alkyl halides is 1. The summed E-state index contributed by atoms with van der Waals surface area (Å²) in [6.45, 7) is 0. The Morgan fingerprint density at radius 2 is 1.65 bits per heavy atom. The zero-order valence-corrected chi connectivity index (χ0v) is 10.6. The Labute approximate surface area is 106 Å². The maximum absolute atomic E-state index is 5.73. The van der Waals surface area contributed by atoms with Crippen molar-refractivity contribution in [3.05, 3.63) is 11.8 Å². The Morgan fingerprint density at radius 3 is 2.18 bits per heavy atom. The normalized spacial score (nSPS) is 43.2. The summed E-state index contributed by atoms with van der Waals surface area (Å²) >= 11 is 5.73. The van der Waals surface area contributed by atoms with Crippen LogP contribution < -0.4 is 0 Å². The van der Waals surface area contributed by atoms with Gasteiger partial charge in [0.25, 0.3) is 0 Å². The van der Waals surface area contributed by atoms with Crippen molar-refractivity contribution < 1.29 is 4.42 Å². The van der Waals surface area contributed by atoms with Crippen LogP contribution >= 0.6 is 11.6 Å². The largest absolute Gasteiger partial charge is 0.424 e. The second-order valence-corrected chi connectivity index (χ2v) is 6.39. The highest BCUT2D eigenvalue weighted by Crippen LogP contribution is 2.59. The summed E-state index contributed by atoms with van der Waals surface area (Å²) in [6.07, 6.45) is 7.02. The molecule has 4 fully saturated rings. The predicted octanol–water partition coefficient (Wildman–Crippen LogP) is 3.35. The minimum atomic E-state index is 0.334. The van der Waals surface area contributed by atoms with Crippen molar-refractivity contribution in [1.29, 1.82) is 0 Å². The quantitative estimate of drug-likeness (QED) is 0.758. The molecular weight excluding hydrogens is 236 g/mol. The molecule has 4 saturated carbocycles. The first-order valence-electron chi connectivity index (χ1n) is 6.71. The highest BCUT2D eigenvalue weighted by atomic mass is 35.5. The predicted molar refractivity (Wildman–Crippen MR) is 63.6 cm³/mol. The van der Waals surface area contributed by atoms with Crippen molar-refractivity contribution in [3.63, 3.8) is 0 Å². The van der Waals surface area contributed by atoms with Crippen molar-refractivity contribution in [2.24, 2.45) is 23.7 Å². The summed E-state index contributed by atoms with van der Waals surface area (Å²) in [5, 5.41) is 8.25. The van der Waals surface area contributed by atoms with Gasteiger partial charge in [-0.25, -0.2) is 0 Å². The summed E-state index contributed by atoms with van der Waals surface area (Å²) in [6, 6.07) is 0. The number of nitrogens with zero attached hydrogens (tertiary/aromatic N) is 2. The molecule has 0 unspecified atom stereocenters. The molecule has 0 atom stereocenters. The van der Waals surface area contributed by atoms with Crippen molar-refractivity contribution in [3.8, 4) is 0 Å². The maximum Gasteiger partial charge on any atom is 0.231 e. The Kier molecular flexibility index (Phi) is 2.26. The molecule has 1 aromatic heterocycles. The van der Waals surface area contributed by atoms with Gasteiger partial charge in [-0.05, 0) is 55.8 Å². The van der Waals surface area contributed by atoms with E-state index in [1.165, 1.54) is 32.1 Å². The van der Waals surface area contributed by atoms with E-state index >= 15 is 0 Å². The topological polar surface area (TPSA) is 38.9 Å². The lowest BCUT2D eigenvalue weighted by Gasteiger charge is -2.53. The number of hydrogen-bond acceptors (Lipinski definition) is 3. The first kappa shape index (κ1) is 10.4. The van der Waals surface area contributed by atoms with E-state index in [0.717, 1.165) is 29.6 Å². The van der Waals surface area contributed by atoms with E-state index in [1.807, 2.05) is 0 Å². The lowest BCUT2D eigenvalue weighted by Crippen LogP contribution is -2.43. The second kappa shape index (κ2) is 3.71. The van der Waals surface area contributed by atoms with E-state index in [9.17, 15) is 0 Å². The zero-order valence-electron chi connectivity index (χ0n) is 9.81. The summed E-state index contributed by atoms with van der Waals surface area (Å²) in [7, 11) is 0. The van der Waals surface area contributed by atoms with Gasteiger partial charge in [0, 0.05) is 5.92 Å². The molecule has 1 heterocycles. The van der Waals surface area contributed by atoms with Crippen LogP contribution in [0.2, 0.25) is 0 Å². The van der Waals surface area contributed by atoms with Gasteiger partial charge < -0.3 is 4.42 Å². The van der Waals surface area contributed by atoms with Crippen molar-refractivity contribution in [1.82, 2.24) is 10.2 Å². The third-order valence-electron chi connectivity index (χ3n) is 5.11. The third-order valence-corrected chi connectivity index (χ3v) is 5.34. The van der Waals surface area contributed by atoms with Crippen LogP contribution in [0.15, 0.2) is 4.42 Å². The highest BCUT2D eigenvalue weighted by molar-refractivity contribution is 6.16. The Hall–Kier alpha value is -0.570. The monoisotopic (exact) mass is 252 g/mol. The Morgan fingerprint density at radius 1 is 1.00 bits per heavy atom. The molecule has 5 rings (SSSR count). The van der Waals surface area contributed by atoms with E-state index in [1.54, 1.807) is 0 Å². The van der Waals surface area contributed by atoms with Gasteiger partial charge in [0.15, 0.2) is 0 Å². The van der Waals surface area contributed by atoms with E-state index in [-0.39, 0.29) is 0 Å². The first-order chi connectivity index (χ1) is 8.33. The summed E-state index contributed by atoms with van der Waals surface area (Å²) in [5.74, 6) is 5.90. The zero-order chi connectivity index (χ0) is 11.4. The molecule has 0 saturated heterocycles. The molecule has 17 heavy (non-hydrogen) atoms. The minimum absolute atomic E-state index is 0.334. The minimum Gasteiger partial charge on any atom is -0.424 e. The van der Waals surface area contributed by atoms with Crippen molar-refractivity contribution in [2.45, 2.75) is 43.9 Å². The number of hydrogen-bond donors (Lipinski definition) is 0. The van der Waals surface area contributed by atoms with Crippen LogP contribution in [0, 0.1) is 23.7 Å². The molecule has 4 aliphatic rings. The van der Waals surface area contributed by atoms with Gasteiger partial charge in [0.05, 0.1) is 0 Å². The van der Waals surface area contributed by atoms with Gasteiger partial charge in [-0.2, -0.15) is 0 Å². The molecule has 4 heteroatoms. The van der Waals surface area contributed by atoms with E-state index < -0.39 is 0 Å². The number of aromatic nitrogens is 2. The molecule has 0 aliphatic heterocycles. The summed E-state index contributed by atoms with van der Waals surface area (Å²) in [4.78, 5) is 0. The molecule has 0 N–H and O–H groups in total. The lowest BCUT2D eigenvalue weighted by atomic mass is 9.52. The fourth-order valence-corrected chi connectivity index (χ4v) is 4.89. The highest BCUT2D eigenvalue weighted by Gasteiger charge is 2.50. The van der Waals surface area contributed by atoms with Gasteiger partial charge >= 0.3 is 0 Å². The summed E-state index contributed by atoms with van der Waals surface area (Å²) in [5.41, 5.74) is 0. The molecule has 0 aromatic carbocycles. The fourth-order valence-electron chi connectivity index (χ4n) is 4.78. The lowest BCUT2D eigenvalue weighted by molar-refractivity contribution is -0.0117. The smallest absolute Gasteiger partial charge is 0.231 e. The number of halogens is 1. The van der Waals surface area contributed by atoms with Gasteiger partial charge in [-0.1, -0.05) is 0 Å².